The van der Waals surface area contributed by atoms with E-state index in [9.17, 15) is 14.0 Å². The molecule has 0 heterocycles. The molecule has 0 saturated heterocycles. The Kier molecular flexibility index (Phi) is 6.96. The molecular weight excluding hydrogens is 383 g/mol. The van der Waals surface area contributed by atoms with E-state index in [0.717, 1.165) is 11.1 Å². The Balaban J connectivity index is 1.71. The number of esters is 1. The minimum absolute atomic E-state index is 0.0167. The minimum Gasteiger partial charge on any atom is -0.482 e. The summed E-state index contributed by atoms with van der Waals surface area (Å²) in [5, 5.41) is 0. The second-order valence-corrected chi connectivity index (χ2v) is 7.14. The van der Waals surface area contributed by atoms with E-state index in [-0.39, 0.29) is 30.5 Å². The molecular formula is C25H23FO4. The number of ether oxygens (including phenoxy) is 2. The lowest BCUT2D eigenvalue weighted by molar-refractivity contribution is -0.149. The summed E-state index contributed by atoms with van der Waals surface area (Å²) < 4.78 is 24.8. The third-order valence-corrected chi connectivity index (χ3v) is 4.36. The van der Waals surface area contributed by atoms with Crippen molar-refractivity contribution in [1.82, 2.24) is 0 Å². The Hall–Kier alpha value is -3.47. The molecule has 0 amide bonds. The van der Waals surface area contributed by atoms with Gasteiger partial charge in [-0.05, 0) is 54.8 Å². The van der Waals surface area contributed by atoms with E-state index in [1.54, 1.807) is 50.2 Å². The molecule has 0 spiro atoms. The molecule has 0 fully saturated rings. The Morgan fingerprint density at radius 2 is 1.67 bits per heavy atom. The van der Waals surface area contributed by atoms with Gasteiger partial charge in [0.25, 0.3) is 0 Å². The van der Waals surface area contributed by atoms with Gasteiger partial charge in [0.2, 0.25) is 0 Å². The highest BCUT2D eigenvalue weighted by Crippen LogP contribution is 2.23. The van der Waals surface area contributed by atoms with Crippen molar-refractivity contribution in [2.75, 3.05) is 6.61 Å². The molecule has 0 aliphatic heterocycles. The van der Waals surface area contributed by atoms with Crippen LogP contribution in [0.15, 0.2) is 72.8 Å². The highest BCUT2D eigenvalue weighted by molar-refractivity contribution is 5.98. The highest BCUT2D eigenvalue weighted by Gasteiger charge is 2.15. The normalized spacial score (nSPS) is 10.7. The van der Waals surface area contributed by atoms with Crippen LogP contribution >= 0.6 is 0 Å². The average molecular weight is 406 g/mol. The predicted octanol–water partition coefficient (Wildman–Crippen LogP) is 5.25. The van der Waals surface area contributed by atoms with Crippen molar-refractivity contribution in [1.29, 1.82) is 0 Å². The Bertz CT molecular complexity index is 1030. The molecule has 3 aromatic rings. The lowest BCUT2D eigenvalue weighted by Crippen LogP contribution is -2.18. The molecule has 0 aromatic heterocycles. The molecule has 0 radical (unpaired) electrons. The summed E-state index contributed by atoms with van der Waals surface area (Å²) in [7, 11) is 0. The molecule has 5 heteroatoms. The van der Waals surface area contributed by atoms with Gasteiger partial charge in [-0.1, -0.05) is 48.5 Å². The number of hydrogen-bond acceptors (Lipinski definition) is 4. The second kappa shape index (κ2) is 9.83. The number of hydrogen-bond donors (Lipinski definition) is 0. The minimum atomic E-state index is -0.552. The SMILES string of the molecule is CC(C)OC(=O)COc1cccc(CC(=O)c2cc(-c3ccccc3)ccc2F)c1. The van der Waals surface area contributed by atoms with E-state index in [1.807, 2.05) is 30.3 Å². The zero-order chi connectivity index (χ0) is 21.5. The number of rotatable bonds is 8. The van der Waals surface area contributed by atoms with Gasteiger partial charge in [-0.25, -0.2) is 9.18 Å². The Morgan fingerprint density at radius 1 is 0.900 bits per heavy atom. The van der Waals surface area contributed by atoms with Crippen molar-refractivity contribution in [2.45, 2.75) is 26.4 Å². The quantitative estimate of drug-likeness (QED) is 0.379. The van der Waals surface area contributed by atoms with Crippen molar-refractivity contribution in [2.24, 2.45) is 0 Å². The number of Topliss-reactive ketones (excluding diaryl/α,β-unsaturated/α-hetero) is 1. The summed E-state index contributed by atoms with van der Waals surface area (Å²) in [5.41, 5.74) is 2.40. The van der Waals surface area contributed by atoms with Crippen molar-refractivity contribution >= 4 is 11.8 Å². The van der Waals surface area contributed by atoms with Gasteiger partial charge in [0, 0.05) is 6.42 Å². The summed E-state index contributed by atoms with van der Waals surface area (Å²) in [4.78, 5) is 24.4. The summed E-state index contributed by atoms with van der Waals surface area (Å²) in [5.74, 6) is -0.907. The van der Waals surface area contributed by atoms with Crippen LogP contribution in [0.5, 0.6) is 5.75 Å². The standard InChI is InChI=1S/C25H23FO4/c1-17(2)30-25(28)16-29-21-10-6-7-18(13-21)14-24(27)22-15-20(11-12-23(22)26)19-8-4-3-5-9-19/h3-13,15,17H,14,16H2,1-2H3. The summed E-state index contributed by atoms with van der Waals surface area (Å²) in [6.45, 7) is 3.30. The fraction of sp³-hybridized carbons (Fsp3) is 0.200. The molecule has 0 aliphatic carbocycles. The Morgan fingerprint density at radius 3 is 2.40 bits per heavy atom. The van der Waals surface area contributed by atoms with Gasteiger partial charge in [0.1, 0.15) is 11.6 Å². The third kappa shape index (κ3) is 5.77. The van der Waals surface area contributed by atoms with Crippen LogP contribution in [0.1, 0.15) is 29.8 Å². The van der Waals surface area contributed by atoms with Gasteiger partial charge in [-0.2, -0.15) is 0 Å². The maximum atomic E-state index is 14.3. The van der Waals surface area contributed by atoms with Crippen molar-refractivity contribution < 1.29 is 23.5 Å². The first-order valence-corrected chi connectivity index (χ1v) is 9.72. The van der Waals surface area contributed by atoms with E-state index >= 15 is 0 Å². The van der Waals surface area contributed by atoms with Gasteiger partial charge in [0.05, 0.1) is 11.7 Å². The first kappa shape index (κ1) is 21.2. The van der Waals surface area contributed by atoms with Crippen LogP contribution in [-0.4, -0.2) is 24.5 Å². The van der Waals surface area contributed by atoms with E-state index in [0.29, 0.717) is 11.3 Å². The number of halogens is 1. The molecule has 0 N–H and O–H groups in total. The van der Waals surface area contributed by atoms with E-state index in [1.165, 1.54) is 6.07 Å². The molecule has 0 unspecified atom stereocenters. The first-order chi connectivity index (χ1) is 14.4. The zero-order valence-corrected chi connectivity index (χ0v) is 16.9. The molecule has 0 atom stereocenters. The lowest BCUT2D eigenvalue weighted by atomic mass is 9.98. The lowest BCUT2D eigenvalue weighted by Gasteiger charge is -2.10. The molecule has 3 rings (SSSR count). The van der Waals surface area contributed by atoms with Crippen LogP contribution in [0.4, 0.5) is 4.39 Å². The number of carbonyl (C=O) groups excluding carboxylic acids is 2. The molecule has 0 saturated carbocycles. The van der Waals surface area contributed by atoms with Crippen LogP contribution in [-0.2, 0) is 16.0 Å². The molecule has 3 aromatic carbocycles. The molecule has 30 heavy (non-hydrogen) atoms. The molecule has 0 bridgehead atoms. The van der Waals surface area contributed by atoms with Crippen LogP contribution in [0.2, 0.25) is 0 Å². The van der Waals surface area contributed by atoms with E-state index in [2.05, 4.69) is 0 Å². The average Bonchev–Trinajstić information content (AvgIpc) is 2.73. The first-order valence-electron chi connectivity index (χ1n) is 9.72. The highest BCUT2D eigenvalue weighted by atomic mass is 19.1. The van der Waals surface area contributed by atoms with Crippen molar-refractivity contribution in [3.05, 3.63) is 89.7 Å². The summed E-state index contributed by atoms with van der Waals surface area (Å²) >= 11 is 0. The largest absolute Gasteiger partial charge is 0.482 e. The predicted molar refractivity (Wildman–Crippen MR) is 113 cm³/mol. The van der Waals surface area contributed by atoms with Gasteiger partial charge in [-0.15, -0.1) is 0 Å². The monoisotopic (exact) mass is 406 g/mol. The van der Waals surface area contributed by atoms with Crippen LogP contribution < -0.4 is 4.74 Å². The van der Waals surface area contributed by atoms with Gasteiger partial charge >= 0.3 is 5.97 Å². The fourth-order valence-electron chi connectivity index (χ4n) is 3.01. The van der Waals surface area contributed by atoms with E-state index < -0.39 is 11.8 Å². The van der Waals surface area contributed by atoms with Gasteiger partial charge < -0.3 is 9.47 Å². The number of carbonyl (C=O) groups is 2. The van der Waals surface area contributed by atoms with Crippen LogP contribution in [0.3, 0.4) is 0 Å². The topological polar surface area (TPSA) is 52.6 Å². The van der Waals surface area contributed by atoms with Gasteiger partial charge in [0.15, 0.2) is 12.4 Å². The van der Waals surface area contributed by atoms with Crippen LogP contribution in [0.25, 0.3) is 11.1 Å². The number of ketones is 1. The second-order valence-electron chi connectivity index (χ2n) is 7.14. The van der Waals surface area contributed by atoms with Crippen LogP contribution in [0, 0.1) is 5.82 Å². The zero-order valence-electron chi connectivity index (χ0n) is 16.9. The summed E-state index contributed by atoms with van der Waals surface area (Å²) in [6.07, 6.45) is -0.199. The molecule has 4 nitrogen and oxygen atoms in total. The smallest absolute Gasteiger partial charge is 0.344 e. The van der Waals surface area contributed by atoms with Gasteiger partial charge in [-0.3, -0.25) is 4.79 Å². The molecule has 154 valence electrons. The van der Waals surface area contributed by atoms with Crippen molar-refractivity contribution in [3.63, 3.8) is 0 Å². The fourth-order valence-corrected chi connectivity index (χ4v) is 3.01. The molecule has 0 aliphatic rings. The Labute approximate surface area is 175 Å². The maximum Gasteiger partial charge on any atom is 0.344 e. The van der Waals surface area contributed by atoms with E-state index in [4.69, 9.17) is 9.47 Å². The third-order valence-electron chi connectivity index (χ3n) is 4.36. The maximum absolute atomic E-state index is 14.3. The summed E-state index contributed by atoms with van der Waals surface area (Å²) in [6, 6.07) is 20.9. The van der Waals surface area contributed by atoms with Crippen molar-refractivity contribution in [3.8, 4) is 16.9 Å². The number of benzene rings is 3.